The molecular formula is C24H23N5O3S. The highest BCUT2D eigenvalue weighted by Gasteiger charge is 2.20. The van der Waals surface area contributed by atoms with Gasteiger partial charge < -0.3 is 5.32 Å². The van der Waals surface area contributed by atoms with Gasteiger partial charge in [0, 0.05) is 12.3 Å². The molecule has 2 aromatic carbocycles. The average molecular weight is 462 g/mol. The minimum atomic E-state index is -0.496. The summed E-state index contributed by atoms with van der Waals surface area (Å²) in [4.78, 5) is 32.8. The van der Waals surface area contributed by atoms with Crippen LogP contribution in [0, 0.1) is 37.8 Å². The van der Waals surface area contributed by atoms with Gasteiger partial charge in [-0.25, -0.2) is 9.97 Å². The van der Waals surface area contributed by atoms with Crippen molar-refractivity contribution < 1.29 is 9.72 Å². The van der Waals surface area contributed by atoms with Gasteiger partial charge in [0.1, 0.15) is 11.2 Å². The first-order chi connectivity index (χ1) is 15.7. The summed E-state index contributed by atoms with van der Waals surface area (Å²) in [5.41, 5.74) is 6.56. The van der Waals surface area contributed by atoms with Crippen molar-refractivity contribution in [3.63, 3.8) is 0 Å². The Morgan fingerprint density at radius 2 is 1.82 bits per heavy atom. The van der Waals surface area contributed by atoms with Gasteiger partial charge in [0.05, 0.1) is 16.4 Å². The number of carbonyl (C=O) groups excluding carboxylic acids is 1. The number of rotatable bonds is 6. The minimum absolute atomic E-state index is 0.0400. The van der Waals surface area contributed by atoms with Gasteiger partial charge in [-0.15, -0.1) is 0 Å². The monoisotopic (exact) mass is 461 g/mol. The highest BCUT2D eigenvalue weighted by Crippen LogP contribution is 2.31. The molecule has 9 heteroatoms. The Bertz CT molecular complexity index is 1370. The number of pyridine rings is 1. The van der Waals surface area contributed by atoms with Crippen LogP contribution in [0.15, 0.2) is 53.8 Å². The first-order valence-electron chi connectivity index (χ1n) is 10.3. The fourth-order valence-electron chi connectivity index (χ4n) is 3.93. The molecule has 0 spiro atoms. The molecule has 1 N–H and O–H groups in total. The SMILES string of the molecule is Cc1cc(C)c(-n2c(SCC(=O)Nc3ccc(C)cc3[N+](=O)[O-])nc3cccnc32)c(C)c1. The van der Waals surface area contributed by atoms with Crippen molar-refractivity contribution in [2.45, 2.75) is 32.9 Å². The standard InChI is InChI=1S/C24H23N5O3S/c1-14-7-8-18(20(12-14)29(31)32)26-21(30)13-33-24-27-19-6-5-9-25-23(19)28(24)22-16(3)10-15(2)11-17(22)4/h5-12H,13H2,1-4H3,(H,26,30). The zero-order valence-electron chi connectivity index (χ0n) is 18.7. The maximum atomic E-state index is 12.7. The van der Waals surface area contributed by atoms with E-state index in [4.69, 9.17) is 4.98 Å². The Morgan fingerprint density at radius 1 is 1.09 bits per heavy atom. The van der Waals surface area contributed by atoms with Crippen molar-refractivity contribution in [1.29, 1.82) is 0 Å². The molecule has 2 aromatic heterocycles. The molecule has 0 aliphatic heterocycles. The molecule has 0 aliphatic rings. The molecule has 0 fully saturated rings. The predicted octanol–water partition coefficient (Wildman–Crippen LogP) is 5.29. The molecule has 8 nitrogen and oxygen atoms in total. The summed E-state index contributed by atoms with van der Waals surface area (Å²) in [6.45, 7) is 7.91. The third kappa shape index (κ3) is 4.58. The summed E-state index contributed by atoms with van der Waals surface area (Å²) >= 11 is 1.26. The van der Waals surface area contributed by atoms with E-state index >= 15 is 0 Å². The molecule has 0 unspecified atom stereocenters. The number of aromatic nitrogens is 3. The van der Waals surface area contributed by atoms with Gasteiger partial charge in [-0.1, -0.05) is 35.5 Å². The number of hydrogen-bond donors (Lipinski definition) is 1. The van der Waals surface area contributed by atoms with Crippen molar-refractivity contribution in [1.82, 2.24) is 14.5 Å². The summed E-state index contributed by atoms with van der Waals surface area (Å²) in [7, 11) is 0. The van der Waals surface area contributed by atoms with Crippen LogP contribution in [-0.4, -0.2) is 31.1 Å². The summed E-state index contributed by atoms with van der Waals surface area (Å²) in [5.74, 6) is -0.311. The number of nitro groups is 1. The normalized spacial score (nSPS) is 11.0. The lowest BCUT2D eigenvalue weighted by molar-refractivity contribution is -0.384. The first kappa shape index (κ1) is 22.5. The zero-order chi connectivity index (χ0) is 23.7. The molecule has 168 valence electrons. The maximum Gasteiger partial charge on any atom is 0.293 e. The van der Waals surface area contributed by atoms with E-state index in [2.05, 4.69) is 29.4 Å². The number of nitrogens with zero attached hydrogens (tertiary/aromatic N) is 4. The van der Waals surface area contributed by atoms with Crippen molar-refractivity contribution in [3.8, 4) is 5.69 Å². The van der Waals surface area contributed by atoms with E-state index in [1.54, 1.807) is 25.3 Å². The van der Waals surface area contributed by atoms with Crippen LogP contribution in [0.4, 0.5) is 11.4 Å². The predicted molar refractivity (Wildman–Crippen MR) is 130 cm³/mol. The van der Waals surface area contributed by atoms with E-state index in [9.17, 15) is 14.9 Å². The van der Waals surface area contributed by atoms with E-state index in [-0.39, 0.29) is 23.0 Å². The Hall–Kier alpha value is -3.72. The van der Waals surface area contributed by atoms with Crippen LogP contribution >= 0.6 is 11.8 Å². The number of carbonyl (C=O) groups is 1. The van der Waals surface area contributed by atoms with Crippen LogP contribution in [0.5, 0.6) is 0 Å². The number of hydrogen-bond acceptors (Lipinski definition) is 6. The number of thioether (sulfide) groups is 1. The average Bonchev–Trinajstić information content (AvgIpc) is 3.11. The lowest BCUT2D eigenvalue weighted by Gasteiger charge is -2.15. The number of amides is 1. The lowest BCUT2D eigenvalue weighted by atomic mass is 10.1. The Labute approximate surface area is 195 Å². The molecular weight excluding hydrogens is 438 g/mol. The van der Waals surface area contributed by atoms with Crippen LogP contribution in [0.25, 0.3) is 16.9 Å². The van der Waals surface area contributed by atoms with Gasteiger partial charge in [0.25, 0.3) is 5.69 Å². The fraction of sp³-hybridized carbons (Fsp3) is 0.208. The van der Waals surface area contributed by atoms with E-state index < -0.39 is 4.92 Å². The number of nitrogens with one attached hydrogen (secondary N) is 1. The topological polar surface area (TPSA) is 103 Å². The Morgan fingerprint density at radius 3 is 2.52 bits per heavy atom. The third-order valence-electron chi connectivity index (χ3n) is 5.20. The lowest BCUT2D eigenvalue weighted by Crippen LogP contribution is -2.16. The molecule has 0 atom stereocenters. The van der Waals surface area contributed by atoms with Crippen LogP contribution in [0.2, 0.25) is 0 Å². The molecule has 0 radical (unpaired) electrons. The zero-order valence-corrected chi connectivity index (χ0v) is 19.6. The summed E-state index contributed by atoms with van der Waals surface area (Å²) < 4.78 is 1.98. The second-order valence-corrected chi connectivity index (χ2v) is 8.88. The molecule has 0 aliphatic carbocycles. The highest BCUT2D eigenvalue weighted by molar-refractivity contribution is 7.99. The fourth-order valence-corrected chi connectivity index (χ4v) is 4.73. The number of imidazole rings is 1. The molecule has 4 aromatic rings. The smallest absolute Gasteiger partial charge is 0.293 e. The van der Waals surface area contributed by atoms with E-state index in [0.29, 0.717) is 10.8 Å². The highest BCUT2D eigenvalue weighted by atomic mass is 32.2. The summed E-state index contributed by atoms with van der Waals surface area (Å²) in [6, 6.07) is 12.6. The van der Waals surface area contributed by atoms with Crippen molar-refractivity contribution in [2.24, 2.45) is 0 Å². The number of aryl methyl sites for hydroxylation is 4. The van der Waals surface area contributed by atoms with Gasteiger partial charge in [-0.3, -0.25) is 19.5 Å². The van der Waals surface area contributed by atoms with Gasteiger partial charge in [-0.05, 0) is 62.6 Å². The third-order valence-corrected chi connectivity index (χ3v) is 6.14. The van der Waals surface area contributed by atoms with Crippen LogP contribution in [0.3, 0.4) is 0 Å². The first-order valence-corrected chi connectivity index (χ1v) is 11.3. The van der Waals surface area contributed by atoms with Gasteiger partial charge in [-0.2, -0.15) is 0 Å². The van der Waals surface area contributed by atoms with E-state index in [0.717, 1.165) is 27.9 Å². The number of fused-ring (bicyclic) bond motifs is 1. The van der Waals surface area contributed by atoms with Crippen LogP contribution in [0.1, 0.15) is 22.3 Å². The van der Waals surface area contributed by atoms with Crippen LogP contribution < -0.4 is 5.32 Å². The quantitative estimate of drug-likeness (QED) is 0.238. The van der Waals surface area contributed by atoms with Crippen molar-refractivity contribution >= 4 is 40.2 Å². The molecule has 33 heavy (non-hydrogen) atoms. The number of benzene rings is 2. The molecule has 0 saturated carbocycles. The molecule has 2 heterocycles. The summed E-state index contributed by atoms with van der Waals surface area (Å²) in [5, 5.41) is 14.6. The van der Waals surface area contributed by atoms with E-state index in [1.165, 1.54) is 23.4 Å². The van der Waals surface area contributed by atoms with Crippen molar-refractivity contribution in [3.05, 3.63) is 81.0 Å². The molecule has 0 bridgehead atoms. The number of anilines is 1. The van der Waals surface area contributed by atoms with Gasteiger partial charge in [0.15, 0.2) is 10.8 Å². The summed E-state index contributed by atoms with van der Waals surface area (Å²) in [6.07, 6.45) is 1.72. The molecule has 1 amide bonds. The Kier molecular flexibility index (Phi) is 6.15. The van der Waals surface area contributed by atoms with Crippen LogP contribution in [-0.2, 0) is 4.79 Å². The molecule has 4 rings (SSSR count). The maximum absolute atomic E-state index is 12.7. The molecule has 0 saturated heterocycles. The Balaban J connectivity index is 1.65. The van der Waals surface area contributed by atoms with Gasteiger partial charge in [0.2, 0.25) is 5.91 Å². The second kappa shape index (κ2) is 9.03. The minimum Gasteiger partial charge on any atom is -0.320 e. The van der Waals surface area contributed by atoms with Gasteiger partial charge >= 0.3 is 0 Å². The van der Waals surface area contributed by atoms with Crippen molar-refractivity contribution in [2.75, 3.05) is 11.1 Å². The van der Waals surface area contributed by atoms with E-state index in [1.807, 2.05) is 30.5 Å². The number of nitro benzene ring substituents is 1. The largest absolute Gasteiger partial charge is 0.320 e. The second-order valence-electron chi connectivity index (χ2n) is 7.94.